The van der Waals surface area contributed by atoms with Gasteiger partial charge >= 0.3 is 0 Å². The van der Waals surface area contributed by atoms with Gasteiger partial charge in [0, 0.05) is 37.7 Å². The number of ether oxygens (including phenoxy) is 2. The van der Waals surface area contributed by atoms with Gasteiger partial charge in [-0.25, -0.2) is 0 Å². The summed E-state index contributed by atoms with van der Waals surface area (Å²) in [4.78, 5) is 17.2. The number of nitrogens with zero attached hydrogens (tertiary/aromatic N) is 2. The van der Waals surface area contributed by atoms with Crippen LogP contribution in [-0.2, 0) is 22.6 Å². The minimum absolute atomic E-state index is 0.234. The number of morpholine rings is 1. The molecular weight excluding hydrogens is 316 g/mol. The number of carbonyl (C=O) groups excluding carboxylic acids is 1. The third-order valence-corrected chi connectivity index (χ3v) is 5.63. The summed E-state index contributed by atoms with van der Waals surface area (Å²) in [7, 11) is 0. The van der Waals surface area contributed by atoms with E-state index in [4.69, 9.17) is 9.47 Å². The van der Waals surface area contributed by atoms with Crippen LogP contribution in [-0.4, -0.2) is 55.2 Å². The summed E-state index contributed by atoms with van der Waals surface area (Å²) in [5.41, 5.74) is 2.44. The minimum Gasteiger partial charge on any atom is -0.491 e. The van der Waals surface area contributed by atoms with Crippen LogP contribution < -0.4 is 4.74 Å². The molecule has 1 saturated heterocycles. The molecule has 2 heterocycles. The first-order valence-corrected chi connectivity index (χ1v) is 9.63. The first kappa shape index (κ1) is 16.9. The maximum absolute atomic E-state index is 12.8. The fourth-order valence-electron chi connectivity index (χ4n) is 4.18. The maximum atomic E-state index is 12.8. The van der Waals surface area contributed by atoms with Crippen LogP contribution in [0.15, 0.2) is 18.2 Å². The first-order chi connectivity index (χ1) is 12.3. The van der Waals surface area contributed by atoms with Crippen molar-refractivity contribution in [1.29, 1.82) is 0 Å². The molecule has 1 aliphatic carbocycles. The second kappa shape index (κ2) is 7.75. The van der Waals surface area contributed by atoms with Crippen molar-refractivity contribution in [2.24, 2.45) is 5.92 Å². The van der Waals surface area contributed by atoms with Crippen LogP contribution in [0.25, 0.3) is 0 Å². The topological polar surface area (TPSA) is 42.0 Å². The fourth-order valence-corrected chi connectivity index (χ4v) is 4.18. The van der Waals surface area contributed by atoms with Gasteiger partial charge in [-0.2, -0.15) is 0 Å². The molecule has 2 aliphatic heterocycles. The summed E-state index contributed by atoms with van der Waals surface area (Å²) >= 11 is 0. The van der Waals surface area contributed by atoms with E-state index >= 15 is 0 Å². The Hall–Kier alpha value is -1.59. The normalized spacial score (nSPS) is 22.3. The van der Waals surface area contributed by atoms with Crippen LogP contribution >= 0.6 is 0 Å². The summed E-state index contributed by atoms with van der Waals surface area (Å²) in [5, 5.41) is 0. The predicted molar refractivity (Wildman–Crippen MR) is 95.4 cm³/mol. The van der Waals surface area contributed by atoms with E-state index in [1.807, 2.05) is 4.90 Å². The molecule has 0 spiro atoms. The summed E-state index contributed by atoms with van der Waals surface area (Å²) in [5.74, 6) is 1.50. The van der Waals surface area contributed by atoms with Crippen LogP contribution in [0.5, 0.6) is 5.75 Å². The molecule has 0 bridgehead atoms. The number of rotatable bonds is 3. The highest BCUT2D eigenvalue weighted by Gasteiger charge is 2.29. The number of hydrogen-bond donors (Lipinski definition) is 0. The predicted octanol–water partition coefficient (Wildman–Crippen LogP) is 2.43. The van der Waals surface area contributed by atoms with Crippen molar-refractivity contribution in [3.63, 3.8) is 0 Å². The van der Waals surface area contributed by atoms with E-state index in [1.165, 1.54) is 18.4 Å². The van der Waals surface area contributed by atoms with Gasteiger partial charge in [0.25, 0.3) is 0 Å². The number of benzene rings is 1. The number of fused-ring (bicyclic) bond motifs is 1. The van der Waals surface area contributed by atoms with Crippen LogP contribution in [0.1, 0.15) is 36.8 Å². The van der Waals surface area contributed by atoms with Gasteiger partial charge in [0.05, 0.1) is 19.8 Å². The smallest absolute Gasteiger partial charge is 0.226 e. The minimum atomic E-state index is 0.234. The lowest BCUT2D eigenvalue weighted by Crippen LogP contribution is -2.36. The van der Waals surface area contributed by atoms with Crippen molar-refractivity contribution in [2.75, 3.05) is 39.5 Å². The molecule has 1 amide bonds. The highest BCUT2D eigenvalue weighted by molar-refractivity contribution is 5.79. The largest absolute Gasteiger partial charge is 0.491 e. The third-order valence-electron chi connectivity index (χ3n) is 5.63. The Bertz CT molecular complexity index is 607. The highest BCUT2D eigenvalue weighted by atomic mass is 16.5. The molecular formula is C20H28N2O3. The molecule has 0 radical (unpaired) electrons. The Kier molecular flexibility index (Phi) is 5.22. The van der Waals surface area contributed by atoms with Gasteiger partial charge in [-0.3, -0.25) is 9.69 Å². The van der Waals surface area contributed by atoms with Crippen LogP contribution in [0.3, 0.4) is 0 Å². The van der Waals surface area contributed by atoms with E-state index in [1.54, 1.807) is 0 Å². The molecule has 5 heteroatoms. The molecule has 5 nitrogen and oxygen atoms in total. The molecule has 3 aliphatic rings. The Morgan fingerprint density at radius 1 is 1.08 bits per heavy atom. The van der Waals surface area contributed by atoms with Crippen LogP contribution in [0.4, 0.5) is 0 Å². The van der Waals surface area contributed by atoms with Crippen molar-refractivity contribution in [3.8, 4) is 5.75 Å². The second-order valence-electron chi connectivity index (χ2n) is 7.42. The Balaban J connectivity index is 1.46. The molecule has 1 aromatic carbocycles. The number of amides is 1. The van der Waals surface area contributed by atoms with Gasteiger partial charge < -0.3 is 14.4 Å². The van der Waals surface area contributed by atoms with Gasteiger partial charge in [-0.05, 0) is 30.5 Å². The van der Waals surface area contributed by atoms with Crippen LogP contribution in [0, 0.1) is 5.92 Å². The Morgan fingerprint density at radius 2 is 1.88 bits per heavy atom. The monoisotopic (exact) mass is 344 g/mol. The molecule has 0 aromatic heterocycles. The zero-order valence-corrected chi connectivity index (χ0v) is 14.9. The van der Waals surface area contributed by atoms with Crippen molar-refractivity contribution in [2.45, 2.75) is 38.8 Å². The van der Waals surface area contributed by atoms with Gasteiger partial charge in [0.2, 0.25) is 5.91 Å². The quantitative estimate of drug-likeness (QED) is 0.845. The van der Waals surface area contributed by atoms with E-state index in [0.717, 1.165) is 57.0 Å². The second-order valence-corrected chi connectivity index (χ2v) is 7.42. The molecule has 0 atom stereocenters. The summed E-state index contributed by atoms with van der Waals surface area (Å²) in [6.45, 7) is 6.51. The zero-order chi connectivity index (χ0) is 17.1. The lowest BCUT2D eigenvalue weighted by molar-refractivity contribution is -0.136. The average molecular weight is 344 g/mol. The maximum Gasteiger partial charge on any atom is 0.226 e. The summed E-state index contributed by atoms with van der Waals surface area (Å²) in [6.07, 6.45) is 4.50. The van der Waals surface area contributed by atoms with Crippen molar-refractivity contribution >= 4 is 5.91 Å². The van der Waals surface area contributed by atoms with E-state index in [0.29, 0.717) is 25.6 Å². The van der Waals surface area contributed by atoms with E-state index in [9.17, 15) is 4.79 Å². The highest BCUT2D eigenvalue weighted by Crippen LogP contribution is 2.30. The van der Waals surface area contributed by atoms with Gasteiger partial charge in [-0.1, -0.05) is 18.9 Å². The van der Waals surface area contributed by atoms with E-state index in [-0.39, 0.29) is 5.92 Å². The fraction of sp³-hybridized carbons (Fsp3) is 0.650. The lowest BCUT2D eigenvalue weighted by Gasteiger charge is -2.27. The van der Waals surface area contributed by atoms with Gasteiger partial charge in [0.1, 0.15) is 12.4 Å². The van der Waals surface area contributed by atoms with E-state index < -0.39 is 0 Å². The standard InChI is InChI=1S/C20H28N2O3/c23-20(17-3-1-2-4-17)22-9-12-25-19-6-5-16(13-18(19)15-22)14-21-7-10-24-11-8-21/h5-6,13,17H,1-4,7-12,14-15H2. The van der Waals surface area contributed by atoms with Crippen LogP contribution in [0.2, 0.25) is 0 Å². The molecule has 1 saturated carbocycles. The van der Waals surface area contributed by atoms with Gasteiger partial charge in [0.15, 0.2) is 0 Å². The molecule has 0 unspecified atom stereocenters. The molecule has 1 aromatic rings. The third kappa shape index (κ3) is 3.98. The summed E-state index contributed by atoms with van der Waals surface area (Å²) in [6, 6.07) is 6.46. The van der Waals surface area contributed by atoms with E-state index in [2.05, 4.69) is 23.1 Å². The molecule has 25 heavy (non-hydrogen) atoms. The number of hydrogen-bond acceptors (Lipinski definition) is 4. The Morgan fingerprint density at radius 3 is 2.68 bits per heavy atom. The van der Waals surface area contributed by atoms with Crippen molar-refractivity contribution in [1.82, 2.24) is 9.80 Å². The SMILES string of the molecule is O=C(C1CCCC1)N1CCOc2ccc(CN3CCOCC3)cc2C1. The number of carbonyl (C=O) groups is 1. The molecule has 136 valence electrons. The molecule has 4 rings (SSSR count). The lowest BCUT2D eigenvalue weighted by atomic mass is 10.0. The zero-order valence-electron chi connectivity index (χ0n) is 14.9. The summed E-state index contributed by atoms with van der Waals surface area (Å²) < 4.78 is 11.3. The Labute approximate surface area is 149 Å². The first-order valence-electron chi connectivity index (χ1n) is 9.63. The average Bonchev–Trinajstić information content (AvgIpc) is 3.09. The molecule has 2 fully saturated rings. The van der Waals surface area contributed by atoms with Crippen molar-refractivity contribution < 1.29 is 14.3 Å². The molecule has 0 N–H and O–H groups in total. The van der Waals surface area contributed by atoms with Gasteiger partial charge in [-0.15, -0.1) is 0 Å². The van der Waals surface area contributed by atoms with Crippen molar-refractivity contribution in [3.05, 3.63) is 29.3 Å².